The highest BCUT2D eigenvalue weighted by Crippen LogP contribution is 2.34. The Morgan fingerprint density at radius 3 is 2.38 bits per heavy atom. The minimum atomic E-state index is -3.12. The number of carbonyl (C=O) groups excluding carboxylic acids is 1. The Morgan fingerprint density at radius 1 is 1.06 bits per heavy atom. The lowest BCUT2D eigenvalue weighted by molar-refractivity contribution is 0.0977. The first kappa shape index (κ1) is 22.4. The van der Waals surface area contributed by atoms with Crippen LogP contribution in [0.2, 0.25) is 0 Å². The SMILES string of the molecule is Cc1cc(C(=O)C[C@H](c2ccc(C3CN(S(C)(=O)=O)C3)cc2)c2ccccc2C)ccn1. The van der Waals surface area contributed by atoms with Crippen LogP contribution in [0.25, 0.3) is 0 Å². The number of nitrogens with zero attached hydrogens (tertiary/aromatic N) is 2. The minimum Gasteiger partial charge on any atom is -0.294 e. The molecule has 166 valence electrons. The molecule has 0 saturated carbocycles. The fraction of sp³-hybridized carbons (Fsp3) is 0.308. The molecule has 4 rings (SSSR count). The molecule has 1 atom stereocenters. The second kappa shape index (κ2) is 8.96. The number of carbonyl (C=O) groups is 1. The Labute approximate surface area is 190 Å². The number of hydrogen-bond donors (Lipinski definition) is 0. The van der Waals surface area contributed by atoms with Crippen LogP contribution < -0.4 is 0 Å². The average molecular weight is 449 g/mol. The third-order valence-corrected chi connectivity index (χ3v) is 7.54. The maximum Gasteiger partial charge on any atom is 0.211 e. The van der Waals surface area contributed by atoms with E-state index >= 15 is 0 Å². The van der Waals surface area contributed by atoms with Crippen LogP contribution in [0.3, 0.4) is 0 Å². The second-order valence-electron chi connectivity index (χ2n) is 8.67. The monoisotopic (exact) mass is 448 g/mol. The van der Waals surface area contributed by atoms with Crippen LogP contribution in [0.4, 0.5) is 0 Å². The van der Waals surface area contributed by atoms with Gasteiger partial charge in [0.05, 0.1) is 6.26 Å². The van der Waals surface area contributed by atoms with Crippen molar-refractivity contribution in [3.05, 3.63) is 100 Å². The molecule has 1 aliphatic rings. The number of ketones is 1. The van der Waals surface area contributed by atoms with E-state index in [1.54, 1.807) is 12.3 Å². The molecule has 1 fully saturated rings. The van der Waals surface area contributed by atoms with E-state index in [4.69, 9.17) is 0 Å². The summed E-state index contributed by atoms with van der Waals surface area (Å²) < 4.78 is 24.8. The molecule has 0 bridgehead atoms. The van der Waals surface area contributed by atoms with E-state index in [1.165, 1.54) is 10.6 Å². The number of pyridine rings is 1. The summed E-state index contributed by atoms with van der Waals surface area (Å²) in [7, 11) is -3.12. The Morgan fingerprint density at radius 2 is 1.75 bits per heavy atom. The Balaban J connectivity index is 1.59. The molecule has 1 aliphatic heterocycles. The Hall–Kier alpha value is -2.83. The van der Waals surface area contributed by atoms with Crippen molar-refractivity contribution in [3.63, 3.8) is 0 Å². The first-order valence-corrected chi connectivity index (χ1v) is 12.6. The quantitative estimate of drug-likeness (QED) is 0.501. The highest BCUT2D eigenvalue weighted by atomic mass is 32.2. The van der Waals surface area contributed by atoms with E-state index in [0.29, 0.717) is 25.1 Å². The average Bonchev–Trinajstić information content (AvgIpc) is 2.71. The fourth-order valence-electron chi connectivity index (χ4n) is 4.33. The summed E-state index contributed by atoms with van der Waals surface area (Å²) in [6.45, 7) is 5.02. The van der Waals surface area contributed by atoms with Crippen LogP contribution in [0.5, 0.6) is 0 Å². The minimum absolute atomic E-state index is 0.0554. The molecule has 0 amide bonds. The summed E-state index contributed by atoms with van der Waals surface area (Å²) in [5, 5.41) is 0. The third kappa shape index (κ3) is 4.81. The maximum atomic E-state index is 13.1. The topological polar surface area (TPSA) is 67.3 Å². The third-order valence-electron chi connectivity index (χ3n) is 6.30. The first-order chi connectivity index (χ1) is 15.2. The molecule has 0 aliphatic carbocycles. The Bertz CT molecular complexity index is 1230. The predicted molar refractivity (Wildman–Crippen MR) is 127 cm³/mol. The van der Waals surface area contributed by atoms with Gasteiger partial charge in [0, 0.05) is 48.8 Å². The van der Waals surface area contributed by atoms with Gasteiger partial charge < -0.3 is 0 Å². The van der Waals surface area contributed by atoms with Gasteiger partial charge in [-0.15, -0.1) is 0 Å². The van der Waals surface area contributed by atoms with Crippen molar-refractivity contribution in [3.8, 4) is 0 Å². The number of rotatable bonds is 7. The zero-order valence-electron chi connectivity index (χ0n) is 18.7. The molecular weight excluding hydrogens is 420 g/mol. The van der Waals surface area contributed by atoms with Crippen LogP contribution in [0.1, 0.15) is 56.6 Å². The molecule has 0 N–H and O–H groups in total. The second-order valence-corrected chi connectivity index (χ2v) is 10.6. The molecule has 2 heterocycles. The predicted octanol–water partition coefficient (Wildman–Crippen LogP) is 4.46. The van der Waals surface area contributed by atoms with E-state index in [0.717, 1.165) is 27.9 Å². The number of hydrogen-bond acceptors (Lipinski definition) is 4. The lowest BCUT2D eigenvalue weighted by atomic mass is 9.82. The number of sulfonamides is 1. The van der Waals surface area contributed by atoms with Crippen LogP contribution >= 0.6 is 0 Å². The van der Waals surface area contributed by atoms with Gasteiger partial charge in [-0.1, -0.05) is 48.5 Å². The summed E-state index contributed by atoms with van der Waals surface area (Å²) >= 11 is 0. The van der Waals surface area contributed by atoms with Gasteiger partial charge in [0.25, 0.3) is 0 Å². The highest BCUT2D eigenvalue weighted by molar-refractivity contribution is 7.88. The van der Waals surface area contributed by atoms with E-state index in [9.17, 15) is 13.2 Å². The number of aryl methyl sites for hydroxylation is 2. The van der Waals surface area contributed by atoms with E-state index in [2.05, 4.69) is 48.3 Å². The zero-order valence-corrected chi connectivity index (χ0v) is 19.5. The van der Waals surface area contributed by atoms with Crippen LogP contribution in [0, 0.1) is 13.8 Å². The van der Waals surface area contributed by atoms with Crippen molar-refractivity contribution in [1.82, 2.24) is 9.29 Å². The smallest absolute Gasteiger partial charge is 0.211 e. The largest absolute Gasteiger partial charge is 0.294 e. The van der Waals surface area contributed by atoms with Crippen molar-refractivity contribution in [1.29, 1.82) is 0 Å². The molecular formula is C26H28N2O3S. The molecule has 1 aromatic heterocycles. The van der Waals surface area contributed by atoms with Crippen LogP contribution in [-0.4, -0.2) is 42.8 Å². The molecule has 32 heavy (non-hydrogen) atoms. The van der Waals surface area contributed by atoms with Gasteiger partial charge in [-0.2, -0.15) is 0 Å². The first-order valence-electron chi connectivity index (χ1n) is 10.8. The lowest BCUT2D eigenvalue weighted by Crippen LogP contribution is -2.47. The van der Waals surface area contributed by atoms with Crippen molar-refractivity contribution in [2.75, 3.05) is 19.3 Å². The standard InChI is InChI=1S/C26H28N2O3S/c1-18-6-4-5-7-24(18)25(15-26(29)22-12-13-27-19(2)14-22)21-10-8-20(9-11-21)23-16-28(17-23)32(3,30)31/h4-14,23,25H,15-17H2,1-3H3/t25-/m1/s1. The molecule has 0 radical (unpaired) electrons. The van der Waals surface area contributed by atoms with Gasteiger partial charge in [-0.05, 0) is 48.2 Å². The summed E-state index contributed by atoms with van der Waals surface area (Å²) in [4.78, 5) is 17.3. The Kier molecular flexibility index (Phi) is 6.26. The molecule has 1 saturated heterocycles. The fourth-order valence-corrected chi connectivity index (χ4v) is 5.23. The van der Waals surface area contributed by atoms with Crippen molar-refractivity contribution in [2.45, 2.75) is 32.1 Å². The molecule has 2 aromatic carbocycles. The maximum absolute atomic E-state index is 13.1. The van der Waals surface area contributed by atoms with Crippen LogP contribution in [-0.2, 0) is 10.0 Å². The number of Topliss-reactive ketones (excluding diaryl/α,β-unsaturated/α-hetero) is 1. The van der Waals surface area contributed by atoms with Gasteiger partial charge in [0.1, 0.15) is 0 Å². The van der Waals surface area contributed by atoms with E-state index in [1.807, 2.05) is 25.1 Å². The van der Waals surface area contributed by atoms with Gasteiger partial charge in [-0.3, -0.25) is 9.78 Å². The van der Waals surface area contributed by atoms with Gasteiger partial charge in [0.15, 0.2) is 5.78 Å². The van der Waals surface area contributed by atoms with Gasteiger partial charge >= 0.3 is 0 Å². The highest BCUT2D eigenvalue weighted by Gasteiger charge is 2.34. The molecule has 5 nitrogen and oxygen atoms in total. The van der Waals surface area contributed by atoms with Crippen molar-refractivity contribution < 1.29 is 13.2 Å². The zero-order chi connectivity index (χ0) is 22.9. The van der Waals surface area contributed by atoms with Crippen molar-refractivity contribution >= 4 is 15.8 Å². The summed E-state index contributed by atoms with van der Waals surface area (Å²) in [5.74, 6) is 0.257. The lowest BCUT2D eigenvalue weighted by Gasteiger charge is -2.37. The van der Waals surface area contributed by atoms with Crippen molar-refractivity contribution in [2.24, 2.45) is 0 Å². The number of aromatic nitrogens is 1. The summed E-state index contributed by atoms with van der Waals surface area (Å²) in [6.07, 6.45) is 3.30. The van der Waals surface area contributed by atoms with Gasteiger partial charge in [-0.25, -0.2) is 12.7 Å². The van der Waals surface area contributed by atoms with E-state index < -0.39 is 10.0 Å². The number of benzene rings is 2. The molecule has 6 heteroatoms. The molecule has 0 unspecified atom stereocenters. The normalized spacial score (nSPS) is 15.8. The summed E-state index contributed by atoms with van der Waals surface area (Å²) in [5.41, 5.74) is 6.03. The van der Waals surface area contributed by atoms with Crippen LogP contribution in [0.15, 0.2) is 66.9 Å². The summed E-state index contributed by atoms with van der Waals surface area (Å²) in [6, 6.07) is 20.1. The molecule has 0 spiro atoms. The van der Waals surface area contributed by atoms with E-state index in [-0.39, 0.29) is 17.6 Å². The van der Waals surface area contributed by atoms with Gasteiger partial charge in [0.2, 0.25) is 10.0 Å². The molecule has 3 aromatic rings.